The summed E-state index contributed by atoms with van der Waals surface area (Å²) >= 11 is 6.21. The molecule has 0 radical (unpaired) electrons. The van der Waals surface area contributed by atoms with Gasteiger partial charge in [-0.15, -0.1) is 0 Å². The standard InChI is InChI=1S/C17H20ClNO4/c1-10(2)22-16-14(18)7-12(8-15(16)21-5)6-13(9-19)17(20)23-11(3)4/h6-8,10-11H,1-5H3/b13-6+. The summed E-state index contributed by atoms with van der Waals surface area (Å²) in [5.74, 6) is 0.164. The molecule has 1 aromatic rings. The largest absolute Gasteiger partial charge is 0.493 e. The third-order valence-corrected chi connectivity index (χ3v) is 2.88. The Morgan fingerprint density at radius 2 is 1.91 bits per heavy atom. The lowest BCUT2D eigenvalue weighted by molar-refractivity contribution is -0.142. The van der Waals surface area contributed by atoms with Crippen molar-refractivity contribution in [2.75, 3.05) is 7.11 Å². The predicted octanol–water partition coefficient (Wildman–Crippen LogP) is 3.99. The number of hydrogen-bond donors (Lipinski definition) is 0. The number of carbonyl (C=O) groups is 1. The number of methoxy groups -OCH3 is 1. The zero-order valence-electron chi connectivity index (χ0n) is 13.8. The fraction of sp³-hybridized carbons (Fsp3) is 0.412. The second kappa shape index (κ2) is 8.44. The fourth-order valence-corrected chi connectivity index (χ4v) is 2.02. The summed E-state index contributed by atoms with van der Waals surface area (Å²) in [4.78, 5) is 11.8. The van der Waals surface area contributed by atoms with E-state index in [4.69, 9.17) is 31.1 Å². The lowest BCUT2D eigenvalue weighted by atomic mass is 10.1. The number of hydrogen-bond acceptors (Lipinski definition) is 5. The van der Waals surface area contributed by atoms with Gasteiger partial charge in [-0.2, -0.15) is 5.26 Å². The smallest absolute Gasteiger partial charge is 0.349 e. The lowest BCUT2D eigenvalue weighted by Gasteiger charge is -2.15. The van der Waals surface area contributed by atoms with Crippen LogP contribution in [0.1, 0.15) is 33.3 Å². The first-order valence-corrected chi connectivity index (χ1v) is 7.53. The first-order chi connectivity index (χ1) is 10.8. The molecule has 0 atom stereocenters. The van der Waals surface area contributed by atoms with Crippen LogP contribution in [-0.2, 0) is 9.53 Å². The van der Waals surface area contributed by atoms with Crippen LogP contribution in [0.15, 0.2) is 17.7 Å². The van der Waals surface area contributed by atoms with Crippen molar-refractivity contribution in [3.63, 3.8) is 0 Å². The van der Waals surface area contributed by atoms with Crippen molar-refractivity contribution in [3.8, 4) is 17.6 Å². The molecule has 0 heterocycles. The van der Waals surface area contributed by atoms with Crippen LogP contribution in [0.5, 0.6) is 11.5 Å². The summed E-state index contributed by atoms with van der Waals surface area (Å²) in [6.45, 7) is 7.17. The maximum absolute atomic E-state index is 11.8. The molecule has 0 aliphatic heterocycles. The molecule has 6 heteroatoms. The molecule has 0 saturated heterocycles. The summed E-state index contributed by atoms with van der Waals surface area (Å²) in [5, 5.41) is 9.46. The average Bonchev–Trinajstić information content (AvgIpc) is 2.45. The van der Waals surface area contributed by atoms with E-state index in [1.807, 2.05) is 19.9 Å². The highest BCUT2D eigenvalue weighted by Crippen LogP contribution is 2.37. The Balaban J connectivity index is 3.23. The van der Waals surface area contributed by atoms with Gasteiger partial charge in [0.1, 0.15) is 11.6 Å². The van der Waals surface area contributed by atoms with Crippen molar-refractivity contribution >= 4 is 23.6 Å². The summed E-state index contributed by atoms with van der Waals surface area (Å²) in [6.07, 6.45) is 1.02. The van der Waals surface area contributed by atoms with E-state index in [1.54, 1.807) is 26.0 Å². The van der Waals surface area contributed by atoms with Crippen LogP contribution in [0.2, 0.25) is 5.02 Å². The number of nitriles is 1. The van der Waals surface area contributed by atoms with Crippen LogP contribution in [0, 0.1) is 11.3 Å². The molecule has 0 N–H and O–H groups in total. The highest BCUT2D eigenvalue weighted by molar-refractivity contribution is 6.32. The number of rotatable bonds is 6. The summed E-state index contributed by atoms with van der Waals surface area (Å²) in [5.41, 5.74) is 0.426. The highest BCUT2D eigenvalue weighted by atomic mass is 35.5. The maximum Gasteiger partial charge on any atom is 0.349 e. The van der Waals surface area contributed by atoms with E-state index in [0.29, 0.717) is 22.1 Å². The quantitative estimate of drug-likeness (QED) is 0.446. The van der Waals surface area contributed by atoms with Gasteiger partial charge in [0.15, 0.2) is 11.5 Å². The zero-order chi connectivity index (χ0) is 17.6. The monoisotopic (exact) mass is 337 g/mol. The molecule has 0 spiro atoms. The molecule has 0 aromatic heterocycles. The number of halogens is 1. The molecule has 23 heavy (non-hydrogen) atoms. The Morgan fingerprint density at radius 3 is 2.39 bits per heavy atom. The number of esters is 1. The van der Waals surface area contributed by atoms with Crippen molar-refractivity contribution in [2.24, 2.45) is 0 Å². The van der Waals surface area contributed by atoms with Crippen LogP contribution < -0.4 is 9.47 Å². The van der Waals surface area contributed by atoms with Gasteiger partial charge in [0.25, 0.3) is 0 Å². The fourth-order valence-electron chi connectivity index (χ4n) is 1.75. The minimum absolute atomic E-state index is 0.0709. The zero-order valence-corrected chi connectivity index (χ0v) is 14.6. The summed E-state index contributed by atoms with van der Waals surface area (Å²) < 4.78 is 15.9. The van der Waals surface area contributed by atoms with Crippen molar-refractivity contribution in [1.29, 1.82) is 5.26 Å². The van der Waals surface area contributed by atoms with Crippen LogP contribution >= 0.6 is 11.6 Å². The molecule has 0 saturated carbocycles. The topological polar surface area (TPSA) is 68.5 Å². The van der Waals surface area contributed by atoms with Gasteiger partial charge in [0.05, 0.1) is 24.3 Å². The summed E-state index contributed by atoms with van der Waals surface area (Å²) in [6, 6.07) is 5.07. The van der Waals surface area contributed by atoms with E-state index >= 15 is 0 Å². The molecular weight excluding hydrogens is 318 g/mol. The van der Waals surface area contributed by atoms with E-state index in [9.17, 15) is 4.79 Å². The van der Waals surface area contributed by atoms with Crippen LogP contribution in [0.4, 0.5) is 0 Å². The van der Waals surface area contributed by atoms with Gasteiger partial charge in [0.2, 0.25) is 0 Å². The minimum atomic E-state index is -0.680. The van der Waals surface area contributed by atoms with Crippen molar-refractivity contribution in [2.45, 2.75) is 39.9 Å². The summed E-state index contributed by atoms with van der Waals surface area (Å²) in [7, 11) is 1.49. The molecule has 0 fully saturated rings. The molecule has 0 bridgehead atoms. The van der Waals surface area contributed by atoms with Gasteiger partial charge >= 0.3 is 5.97 Å². The number of ether oxygens (including phenoxy) is 3. The molecule has 0 unspecified atom stereocenters. The average molecular weight is 338 g/mol. The van der Waals surface area contributed by atoms with Gasteiger partial charge in [-0.3, -0.25) is 0 Å². The van der Waals surface area contributed by atoms with Crippen LogP contribution in [0.25, 0.3) is 6.08 Å². The SMILES string of the molecule is COc1cc(/C=C(\C#N)C(=O)OC(C)C)cc(Cl)c1OC(C)C. The lowest BCUT2D eigenvalue weighted by Crippen LogP contribution is -2.12. The molecular formula is C17H20ClNO4. The third kappa shape index (κ3) is 5.50. The highest BCUT2D eigenvalue weighted by Gasteiger charge is 2.16. The van der Waals surface area contributed by atoms with Gasteiger partial charge in [-0.1, -0.05) is 11.6 Å². The van der Waals surface area contributed by atoms with E-state index < -0.39 is 5.97 Å². The molecule has 124 valence electrons. The van der Waals surface area contributed by atoms with Gasteiger partial charge < -0.3 is 14.2 Å². The van der Waals surface area contributed by atoms with E-state index in [0.717, 1.165) is 0 Å². The second-order valence-corrected chi connectivity index (χ2v) is 5.73. The Bertz CT molecular complexity index is 645. The molecule has 1 aromatic carbocycles. The molecule has 0 aliphatic rings. The Kier molecular flexibility index (Phi) is 6.92. The number of carbonyl (C=O) groups excluding carboxylic acids is 1. The Hall–Kier alpha value is -2.19. The number of benzene rings is 1. The molecule has 0 amide bonds. The van der Waals surface area contributed by atoms with Gasteiger partial charge in [-0.25, -0.2) is 4.79 Å². The van der Waals surface area contributed by atoms with Crippen molar-refractivity contribution < 1.29 is 19.0 Å². The normalized spacial score (nSPS) is 11.3. The first kappa shape index (κ1) is 18.9. The molecule has 0 aliphatic carbocycles. The van der Waals surface area contributed by atoms with E-state index in [2.05, 4.69) is 0 Å². The number of nitrogens with zero attached hydrogens (tertiary/aromatic N) is 1. The Labute approximate surface area is 141 Å². The van der Waals surface area contributed by atoms with E-state index in [-0.39, 0.29) is 17.8 Å². The third-order valence-electron chi connectivity index (χ3n) is 2.60. The van der Waals surface area contributed by atoms with Crippen LogP contribution in [-0.4, -0.2) is 25.3 Å². The molecule has 1 rings (SSSR count). The van der Waals surface area contributed by atoms with Gasteiger partial charge in [0, 0.05) is 0 Å². The van der Waals surface area contributed by atoms with Crippen molar-refractivity contribution in [3.05, 3.63) is 28.3 Å². The van der Waals surface area contributed by atoms with Gasteiger partial charge in [-0.05, 0) is 51.5 Å². The van der Waals surface area contributed by atoms with Crippen molar-refractivity contribution in [1.82, 2.24) is 0 Å². The predicted molar refractivity (Wildman–Crippen MR) is 88.6 cm³/mol. The molecule has 5 nitrogen and oxygen atoms in total. The Morgan fingerprint density at radius 1 is 1.26 bits per heavy atom. The minimum Gasteiger partial charge on any atom is -0.493 e. The van der Waals surface area contributed by atoms with Crippen LogP contribution in [0.3, 0.4) is 0 Å². The first-order valence-electron chi connectivity index (χ1n) is 7.15. The second-order valence-electron chi connectivity index (χ2n) is 5.32. The van der Waals surface area contributed by atoms with E-state index in [1.165, 1.54) is 13.2 Å². The maximum atomic E-state index is 11.8.